The number of hydrogen-bond acceptors (Lipinski definition) is 7. The van der Waals surface area contributed by atoms with E-state index in [4.69, 9.17) is 8.83 Å². The average molecular weight is 435 g/mol. The number of furan rings is 2. The molecular formula is C22H21N5O5. The van der Waals surface area contributed by atoms with E-state index < -0.39 is 17.7 Å². The lowest BCUT2D eigenvalue weighted by Gasteiger charge is -2.13. The van der Waals surface area contributed by atoms with Crippen LogP contribution in [0.5, 0.6) is 0 Å². The van der Waals surface area contributed by atoms with E-state index in [1.807, 2.05) is 0 Å². The van der Waals surface area contributed by atoms with Gasteiger partial charge in [0.05, 0.1) is 17.5 Å². The number of aryl methyl sites for hydroxylation is 2. The van der Waals surface area contributed by atoms with Crippen LogP contribution >= 0.6 is 0 Å². The van der Waals surface area contributed by atoms with Gasteiger partial charge in [-0.15, -0.1) is 0 Å². The molecule has 10 heteroatoms. The maximum Gasteiger partial charge on any atom is 0.305 e. The summed E-state index contributed by atoms with van der Waals surface area (Å²) in [6.07, 6.45) is 4.93. The van der Waals surface area contributed by atoms with Gasteiger partial charge in [0, 0.05) is 23.7 Å². The summed E-state index contributed by atoms with van der Waals surface area (Å²) in [5.41, 5.74) is 9.68. The Kier molecular flexibility index (Phi) is 5.84. The Morgan fingerprint density at radius 2 is 1.84 bits per heavy atom. The van der Waals surface area contributed by atoms with Crippen LogP contribution in [0, 0.1) is 13.8 Å². The Balaban J connectivity index is 1.49. The quantitative estimate of drug-likeness (QED) is 0.538. The zero-order chi connectivity index (χ0) is 22.7. The molecule has 0 saturated carbocycles. The fraction of sp³-hybridized carbons (Fsp3) is 0.227. The molecular weight excluding hydrogens is 414 g/mol. The first-order chi connectivity index (χ1) is 15.5. The van der Waals surface area contributed by atoms with E-state index >= 15 is 0 Å². The highest BCUT2D eigenvalue weighted by molar-refractivity contribution is 6.07. The fourth-order valence-corrected chi connectivity index (χ4v) is 3.53. The monoisotopic (exact) mass is 435 g/mol. The van der Waals surface area contributed by atoms with Gasteiger partial charge in [0.15, 0.2) is 5.76 Å². The van der Waals surface area contributed by atoms with Crippen molar-refractivity contribution in [2.24, 2.45) is 5.10 Å². The molecule has 1 aliphatic carbocycles. The third-order valence-electron chi connectivity index (χ3n) is 5.11. The molecule has 1 aliphatic rings. The summed E-state index contributed by atoms with van der Waals surface area (Å²) >= 11 is 0. The average Bonchev–Trinajstić information content (AvgIpc) is 3.39. The summed E-state index contributed by atoms with van der Waals surface area (Å²) in [7, 11) is 0. The topological polar surface area (TPSA) is 139 Å². The van der Waals surface area contributed by atoms with Crippen molar-refractivity contribution in [3.63, 3.8) is 0 Å². The van der Waals surface area contributed by atoms with Crippen LogP contribution in [0.2, 0.25) is 0 Å². The molecule has 0 fully saturated rings. The minimum absolute atomic E-state index is 0.0740. The summed E-state index contributed by atoms with van der Waals surface area (Å²) in [6, 6.07) is 6.53. The van der Waals surface area contributed by atoms with Gasteiger partial charge in [-0.05, 0) is 44.9 Å². The minimum atomic E-state index is -0.594. The number of hydrazone groups is 1. The number of hydrogen-bond donors (Lipinski definition) is 3. The predicted molar refractivity (Wildman–Crippen MR) is 113 cm³/mol. The first-order valence-electron chi connectivity index (χ1n) is 10.0. The van der Waals surface area contributed by atoms with Crippen molar-refractivity contribution in [3.8, 4) is 0 Å². The Labute approximate surface area is 183 Å². The summed E-state index contributed by atoms with van der Waals surface area (Å²) < 4.78 is 10.9. The third-order valence-corrected chi connectivity index (χ3v) is 5.11. The van der Waals surface area contributed by atoms with Crippen LogP contribution in [-0.2, 0) is 6.42 Å². The lowest BCUT2D eigenvalue weighted by molar-refractivity contribution is 0.0828. The second kappa shape index (κ2) is 8.88. The number of nitrogens with zero attached hydrogens (tertiary/aromatic N) is 2. The van der Waals surface area contributed by atoms with Gasteiger partial charge in [-0.3, -0.25) is 30.2 Å². The summed E-state index contributed by atoms with van der Waals surface area (Å²) in [5, 5.41) is 4.26. The van der Waals surface area contributed by atoms with Gasteiger partial charge in [0.1, 0.15) is 17.2 Å². The van der Waals surface area contributed by atoms with Crippen LogP contribution in [0.4, 0.5) is 0 Å². The lowest BCUT2D eigenvalue weighted by Crippen LogP contribution is -2.41. The van der Waals surface area contributed by atoms with E-state index in [2.05, 4.69) is 26.4 Å². The first-order valence-corrected chi connectivity index (χ1v) is 10.0. The summed E-state index contributed by atoms with van der Waals surface area (Å²) in [4.78, 5) is 41.1. The number of carbonyl (C=O) groups excluding carboxylic acids is 3. The number of nitrogens with one attached hydrogen (secondary N) is 3. The number of amides is 3. The van der Waals surface area contributed by atoms with Gasteiger partial charge >= 0.3 is 5.91 Å². The highest BCUT2D eigenvalue weighted by Gasteiger charge is 2.28. The Morgan fingerprint density at radius 3 is 2.56 bits per heavy atom. The van der Waals surface area contributed by atoms with Crippen LogP contribution in [-0.4, -0.2) is 28.4 Å². The normalized spacial score (nSPS) is 14.0. The smallest absolute Gasteiger partial charge is 0.305 e. The van der Waals surface area contributed by atoms with Crippen molar-refractivity contribution >= 4 is 23.4 Å². The second-order valence-electron chi connectivity index (χ2n) is 7.22. The number of fused-ring (bicyclic) bond motifs is 1. The Bertz CT molecular complexity index is 1210. The molecule has 0 radical (unpaired) electrons. The van der Waals surface area contributed by atoms with Crippen molar-refractivity contribution < 1.29 is 23.2 Å². The predicted octanol–water partition coefficient (Wildman–Crippen LogP) is 2.43. The van der Waals surface area contributed by atoms with E-state index in [0.29, 0.717) is 46.8 Å². The van der Waals surface area contributed by atoms with Gasteiger partial charge < -0.3 is 8.83 Å². The van der Waals surface area contributed by atoms with Gasteiger partial charge in [-0.2, -0.15) is 5.10 Å². The molecule has 3 amide bonds. The van der Waals surface area contributed by atoms with Gasteiger partial charge in [0.2, 0.25) is 0 Å². The van der Waals surface area contributed by atoms with Crippen LogP contribution in [0.25, 0.3) is 0 Å². The maximum absolute atomic E-state index is 12.6. The highest BCUT2D eigenvalue weighted by Crippen LogP contribution is 2.29. The second-order valence-corrected chi connectivity index (χ2v) is 7.22. The zero-order valence-corrected chi connectivity index (χ0v) is 17.5. The number of aromatic nitrogens is 1. The van der Waals surface area contributed by atoms with Crippen molar-refractivity contribution in [1.82, 2.24) is 21.3 Å². The molecule has 164 valence electrons. The molecule has 32 heavy (non-hydrogen) atoms. The molecule has 10 nitrogen and oxygen atoms in total. The largest absolute Gasteiger partial charge is 0.469 e. The van der Waals surface area contributed by atoms with Crippen LogP contribution in [0.15, 0.2) is 50.7 Å². The summed E-state index contributed by atoms with van der Waals surface area (Å²) in [5.74, 6) is -0.399. The molecule has 0 aliphatic heterocycles. The number of hydrazine groups is 1. The van der Waals surface area contributed by atoms with Crippen molar-refractivity contribution in [1.29, 1.82) is 0 Å². The Morgan fingerprint density at radius 1 is 1.03 bits per heavy atom. The molecule has 3 heterocycles. The van der Waals surface area contributed by atoms with Crippen LogP contribution in [0.1, 0.15) is 66.9 Å². The molecule has 0 spiro atoms. The van der Waals surface area contributed by atoms with E-state index in [1.54, 1.807) is 32.0 Å². The Hall–Kier alpha value is -4.21. The SMILES string of the molecule is Cc1occc1C(=O)NNC(=O)c1oc2c(c1C)/C(=N/NC(=O)c1ccccn1)CCC2. The number of carbonyl (C=O) groups is 3. The zero-order valence-electron chi connectivity index (χ0n) is 17.5. The van der Waals surface area contributed by atoms with E-state index in [9.17, 15) is 14.4 Å². The van der Waals surface area contributed by atoms with Crippen molar-refractivity contribution in [2.45, 2.75) is 33.1 Å². The highest BCUT2D eigenvalue weighted by atomic mass is 16.4. The van der Waals surface area contributed by atoms with E-state index in [-0.39, 0.29) is 11.5 Å². The number of pyridine rings is 1. The molecule has 0 saturated heterocycles. The van der Waals surface area contributed by atoms with Gasteiger partial charge in [-0.25, -0.2) is 5.43 Å². The third kappa shape index (κ3) is 4.15. The molecule has 0 unspecified atom stereocenters. The van der Waals surface area contributed by atoms with Crippen LogP contribution in [0.3, 0.4) is 0 Å². The van der Waals surface area contributed by atoms with E-state index in [0.717, 1.165) is 6.42 Å². The van der Waals surface area contributed by atoms with E-state index in [1.165, 1.54) is 18.5 Å². The standard InChI is InChI=1S/C22H21N5O5/c1-12-18-15(24-26-21(29)16-6-3-4-10-23-16)7-5-8-17(18)32-19(12)22(30)27-25-20(28)14-9-11-31-13(14)2/h3-4,6,9-11H,5,7-8H2,1-2H3,(H,25,28)(H,26,29)(H,27,30)/b24-15+. The molecule has 4 rings (SSSR count). The molecule has 3 N–H and O–H groups in total. The van der Waals surface area contributed by atoms with Crippen LogP contribution < -0.4 is 16.3 Å². The summed E-state index contributed by atoms with van der Waals surface area (Å²) in [6.45, 7) is 3.38. The first kappa shape index (κ1) is 21.0. The molecule has 3 aromatic rings. The minimum Gasteiger partial charge on any atom is -0.469 e. The van der Waals surface area contributed by atoms with Crippen molar-refractivity contribution in [2.75, 3.05) is 0 Å². The van der Waals surface area contributed by atoms with Crippen molar-refractivity contribution in [3.05, 3.63) is 76.4 Å². The maximum atomic E-state index is 12.6. The molecule has 0 aromatic carbocycles. The lowest BCUT2D eigenvalue weighted by atomic mass is 9.93. The van der Waals surface area contributed by atoms with Gasteiger partial charge in [0.25, 0.3) is 11.8 Å². The molecule has 0 atom stereocenters. The fourth-order valence-electron chi connectivity index (χ4n) is 3.53. The molecule has 3 aromatic heterocycles. The molecule has 0 bridgehead atoms. The van der Waals surface area contributed by atoms with Gasteiger partial charge in [-0.1, -0.05) is 6.07 Å². The number of rotatable bonds is 4.